The Kier molecular flexibility index (Phi) is 5.66. The van der Waals surface area contributed by atoms with Gasteiger partial charge in [0.2, 0.25) is 0 Å². The minimum absolute atomic E-state index is 0.0841. The quantitative estimate of drug-likeness (QED) is 0.349. The van der Waals surface area contributed by atoms with Gasteiger partial charge in [-0.1, -0.05) is 0 Å². The van der Waals surface area contributed by atoms with Crippen molar-refractivity contribution < 1.29 is 13.9 Å². The number of ether oxygens (including phenoxy) is 1. The highest BCUT2D eigenvalue weighted by Gasteiger charge is 2.27. The van der Waals surface area contributed by atoms with Crippen LogP contribution in [0.15, 0.2) is 41.3 Å². The summed E-state index contributed by atoms with van der Waals surface area (Å²) in [6.07, 6.45) is 2.55. The van der Waals surface area contributed by atoms with Crippen molar-refractivity contribution in [1.29, 1.82) is 0 Å². The third kappa shape index (κ3) is 4.60. The lowest BCUT2D eigenvalue weighted by Crippen LogP contribution is -2.50. The molecule has 0 atom stereocenters. The molecule has 0 spiro atoms. The molecule has 1 saturated heterocycles. The Morgan fingerprint density at radius 1 is 0.974 bits per heavy atom. The van der Waals surface area contributed by atoms with Gasteiger partial charge in [0, 0.05) is 37.8 Å². The van der Waals surface area contributed by atoms with Crippen LogP contribution >= 0.6 is 0 Å². The molecule has 1 fully saturated rings. The van der Waals surface area contributed by atoms with Crippen molar-refractivity contribution in [2.24, 2.45) is 0 Å². The van der Waals surface area contributed by atoms with Crippen molar-refractivity contribution in [3.05, 3.63) is 36.9 Å². The lowest BCUT2D eigenvalue weighted by Gasteiger charge is -2.36. The average Bonchev–Trinajstić information content (AvgIpc) is 3.48. The summed E-state index contributed by atoms with van der Waals surface area (Å²) in [5, 5.41) is 5.41. The first-order valence-corrected chi connectivity index (χ1v) is 12.4. The van der Waals surface area contributed by atoms with Gasteiger partial charge < -0.3 is 30.4 Å². The maximum absolute atomic E-state index is 12.5. The third-order valence-corrected chi connectivity index (χ3v) is 6.28. The first-order valence-electron chi connectivity index (χ1n) is 12.4. The molecule has 1 aromatic carbocycles. The molecule has 0 saturated carbocycles. The van der Waals surface area contributed by atoms with Crippen LogP contribution in [-0.4, -0.2) is 77.5 Å². The number of fused-ring (bicyclic) bond motifs is 2. The van der Waals surface area contributed by atoms with Gasteiger partial charge in [0.05, 0.1) is 5.39 Å². The zero-order valence-corrected chi connectivity index (χ0v) is 21.7. The SMILES string of the molecule is CC(C)(C)OC(=O)N1CCN(c2cc(-n3nc(-c4ccc5oc(N)nc5c4)c4c(N)ncnc43)ncn2)CC1. The molecule has 5 aromatic rings. The Balaban J connectivity index is 1.32. The van der Waals surface area contributed by atoms with Crippen LogP contribution < -0.4 is 16.4 Å². The van der Waals surface area contributed by atoms with Gasteiger partial charge in [-0.15, -0.1) is 0 Å². The predicted molar refractivity (Wildman–Crippen MR) is 144 cm³/mol. The van der Waals surface area contributed by atoms with Crippen molar-refractivity contribution in [3.63, 3.8) is 0 Å². The van der Waals surface area contributed by atoms with Crippen molar-refractivity contribution in [3.8, 4) is 17.1 Å². The smallest absolute Gasteiger partial charge is 0.410 e. The molecule has 0 unspecified atom stereocenters. The van der Waals surface area contributed by atoms with Crippen LogP contribution in [0.2, 0.25) is 0 Å². The van der Waals surface area contributed by atoms with E-state index >= 15 is 0 Å². The molecule has 1 amide bonds. The van der Waals surface area contributed by atoms with Gasteiger partial charge in [-0.25, -0.2) is 24.7 Å². The molecule has 14 nitrogen and oxygen atoms in total. The van der Waals surface area contributed by atoms with E-state index in [1.165, 1.54) is 12.7 Å². The molecule has 0 radical (unpaired) electrons. The highest BCUT2D eigenvalue weighted by Crippen LogP contribution is 2.33. The number of nitrogens with two attached hydrogens (primary N) is 2. The maximum Gasteiger partial charge on any atom is 0.410 e. The number of hydrogen-bond donors (Lipinski definition) is 2. The summed E-state index contributed by atoms with van der Waals surface area (Å²) in [6.45, 7) is 7.79. The summed E-state index contributed by atoms with van der Waals surface area (Å²) in [5.74, 6) is 1.50. The Hall–Kier alpha value is -5.01. The van der Waals surface area contributed by atoms with Gasteiger partial charge in [-0.3, -0.25) is 0 Å². The number of aromatic nitrogens is 7. The topological polar surface area (TPSA) is 180 Å². The molecule has 4 N–H and O–H groups in total. The second-order valence-electron chi connectivity index (χ2n) is 10.1. The lowest BCUT2D eigenvalue weighted by molar-refractivity contribution is 0.0240. The zero-order valence-electron chi connectivity index (χ0n) is 21.7. The minimum atomic E-state index is -0.539. The molecular weight excluding hydrogens is 502 g/mol. The maximum atomic E-state index is 12.5. The number of benzene rings is 1. The lowest BCUT2D eigenvalue weighted by atomic mass is 10.1. The van der Waals surface area contributed by atoms with E-state index < -0.39 is 5.60 Å². The Morgan fingerprint density at radius 2 is 1.72 bits per heavy atom. The van der Waals surface area contributed by atoms with E-state index in [1.807, 2.05) is 39.0 Å². The van der Waals surface area contributed by atoms with E-state index in [-0.39, 0.29) is 17.9 Å². The van der Waals surface area contributed by atoms with E-state index in [2.05, 4.69) is 29.8 Å². The molecule has 200 valence electrons. The van der Waals surface area contributed by atoms with E-state index in [9.17, 15) is 4.79 Å². The monoisotopic (exact) mass is 529 g/mol. The number of anilines is 3. The largest absolute Gasteiger partial charge is 0.444 e. The van der Waals surface area contributed by atoms with Crippen molar-refractivity contribution in [2.75, 3.05) is 42.5 Å². The molecule has 6 rings (SSSR count). The molecule has 14 heteroatoms. The number of nitrogen functional groups attached to an aromatic ring is 2. The standard InChI is InChI=1S/C25H27N11O3/c1-25(2,3)39-24(37)35-8-6-34(7-9-35)17-11-18(29-12-28-17)36-22-19(21(26)30-13-31-22)20(33-36)14-4-5-16-15(10-14)32-23(27)38-16/h4-5,10-13H,6-9H2,1-3H3,(H2,27,32)(H2,26,30,31). The molecule has 1 aliphatic rings. The summed E-state index contributed by atoms with van der Waals surface area (Å²) in [5.41, 5.74) is 14.4. The summed E-state index contributed by atoms with van der Waals surface area (Å²) in [7, 11) is 0. The van der Waals surface area contributed by atoms with Gasteiger partial charge in [0.15, 0.2) is 17.0 Å². The van der Waals surface area contributed by atoms with Gasteiger partial charge in [-0.2, -0.15) is 14.8 Å². The van der Waals surface area contributed by atoms with Gasteiger partial charge in [0.1, 0.15) is 41.1 Å². The van der Waals surface area contributed by atoms with Crippen LogP contribution in [0.25, 0.3) is 39.2 Å². The number of hydrogen-bond acceptors (Lipinski definition) is 12. The number of carbonyl (C=O) groups excluding carboxylic acids is 1. The molecule has 5 heterocycles. The highest BCUT2D eigenvalue weighted by atomic mass is 16.6. The summed E-state index contributed by atoms with van der Waals surface area (Å²) < 4.78 is 12.5. The van der Waals surface area contributed by atoms with Gasteiger partial charge >= 0.3 is 6.09 Å². The number of nitrogens with zero attached hydrogens (tertiary/aromatic N) is 9. The molecule has 39 heavy (non-hydrogen) atoms. The van der Waals surface area contributed by atoms with E-state index in [4.69, 9.17) is 25.7 Å². The number of piperazine rings is 1. The Labute approximate surface area is 222 Å². The van der Waals surface area contributed by atoms with Crippen LogP contribution in [0.3, 0.4) is 0 Å². The van der Waals surface area contributed by atoms with Gasteiger partial charge in [0.25, 0.3) is 6.01 Å². The molecule has 1 aliphatic heterocycles. The molecule has 4 aromatic heterocycles. The fourth-order valence-electron chi connectivity index (χ4n) is 4.50. The summed E-state index contributed by atoms with van der Waals surface area (Å²) in [4.78, 5) is 38.0. The second kappa shape index (κ2) is 9.08. The second-order valence-corrected chi connectivity index (χ2v) is 10.1. The van der Waals surface area contributed by atoms with Crippen LogP contribution in [0, 0.1) is 0 Å². The van der Waals surface area contributed by atoms with Crippen LogP contribution in [0.4, 0.5) is 22.4 Å². The van der Waals surface area contributed by atoms with E-state index in [0.717, 1.165) is 5.56 Å². The zero-order chi connectivity index (χ0) is 27.3. The van der Waals surface area contributed by atoms with Crippen molar-refractivity contribution in [1.82, 2.24) is 39.6 Å². The molecule has 0 bridgehead atoms. The van der Waals surface area contributed by atoms with E-state index in [1.54, 1.807) is 15.6 Å². The first kappa shape index (κ1) is 24.3. The number of amides is 1. The van der Waals surface area contributed by atoms with Crippen LogP contribution in [0.5, 0.6) is 0 Å². The van der Waals surface area contributed by atoms with Crippen LogP contribution in [0.1, 0.15) is 20.8 Å². The summed E-state index contributed by atoms with van der Waals surface area (Å²) >= 11 is 0. The van der Waals surface area contributed by atoms with Crippen molar-refractivity contribution in [2.45, 2.75) is 26.4 Å². The highest BCUT2D eigenvalue weighted by molar-refractivity contribution is 6.00. The minimum Gasteiger partial charge on any atom is -0.444 e. The predicted octanol–water partition coefficient (Wildman–Crippen LogP) is 2.64. The summed E-state index contributed by atoms with van der Waals surface area (Å²) in [6, 6.07) is 7.36. The van der Waals surface area contributed by atoms with Gasteiger partial charge in [-0.05, 0) is 39.0 Å². The third-order valence-electron chi connectivity index (χ3n) is 6.28. The first-order chi connectivity index (χ1) is 18.7. The fraction of sp³-hybridized carbons (Fsp3) is 0.320. The normalized spacial score (nSPS) is 14.3. The van der Waals surface area contributed by atoms with Crippen LogP contribution in [-0.2, 0) is 4.74 Å². The number of rotatable bonds is 3. The molecular formula is C25H27N11O3. The molecule has 0 aliphatic carbocycles. The Morgan fingerprint density at radius 3 is 2.49 bits per heavy atom. The van der Waals surface area contributed by atoms with E-state index in [0.29, 0.717) is 65.6 Å². The number of carbonyl (C=O) groups is 1. The fourth-order valence-corrected chi connectivity index (χ4v) is 4.50. The number of oxazole rings is 1. The van der Waals surface area contributed by atoms with Crippen molar-refractivity contribution >= 4 is 45.9 Å². The average molecular weight is 530 g/mol. The Bertz CT molecular complexity index is 1700.